The molecule has 1 saturated heterocycles. The van der Waals surface area contributed by atoms with Crippen LogP contribution in [-0.4, -0.2) is 34.8 Å². The molecule has 1 aromatic rings. The standard InChI is InChI=1S/C18H27NO2/c1-14-8-10-18(2,11-9-14)19-12-16(13-20)21-17(19)15-6-4-3-5-7-15/h3-7,14,16-17,20H,8-13H2,1-2H3/t14?,16-,17+,18?/m1/s1. The Bertz CT molecular complexity index is 454. The lowest BCUT2D eigenvalue weighted by Gasteiger charge is -2.45. The highest BCUT2D eigenvalue weighted by Gasteiger charge is 2.45. The van der Waals surface area contributed by atoms with Gasteiger partial charge in [-0.15, -0.1) is 0 Å². The van der Waals surface area contributed by atoms with Crippen molar-refractivity contribution in [1.29, 1.82) is 0 Å². The predicted octanol–water partition coefficient (Wildman–Crippen LogP) is 3.35. The second kappa shape index (κ2) is 6.07. The molecule has 1 aromatic carbocycles. The molecular formula is C18H27NO2. The van der Waals surface area contributed by atoms with E-state index < -0.39 is 0 Å². The highest BCUT2D eigenvalue weighted by Crippen LogP contribution is 2.43. The summed E-state index contributed by atoms with van der Waals surface area (Å²) in [5, 5.41) is 9.52. The molecule has 116 valence electrons. The summed E-state index contributed by atoms with van der Waals surface area (Å²) in [7, 11) is 0. The van der Waals surface area contributed by atoms with Crippen molar-refractivity contribution in [2.45, 2.75) is 57.4 Å². The molecule has 0 spiro atoms. The average Bonchev–Trinajstić information content (AvgIpc) is 2.96. The molecule has 0 unspecified atom stereocenters. The van der Waals surface area contributed by atoms with E-state index in [-0.39, 0.29) is 24.5 Å². The normalized spacial score (nSPS) is 37.8. The number of hydrogen-bond acceptors (Lipinski definition) is 3. The summed E-state index contributed by atoms with van der Waals surface area (Å²) in [6.45, 7) is 5.66. The van der Waals surface area contributed by atoms with Crippen molar-refractivity contribution >= 4 is 0 Å². The summed E-state index contributed by atoms with van der Waals surface area (Å²) >= 11 is 0. The van der Waals surface area contributed by atoms with Crippen molar-refractivity contribution < 1.29 is 9.84 Å². The van der Waals surface area contributed by atoms with Crippen molar-refractivity contribution in [2.75, 3.05) is 13.2 Å². The molecule has 2 atom stereocenters. The maximum atomic E-state index is 9.52. The monoisotopic (exact) mass is 289 g/mol. The topological polar surface area (TPSA) is 32.7 Å². The fraction of sp³-hybridized carbons (Fsp3) is 0.667. The van der Waals surface area contributed by atoms with Crippen molar-refractivity contribution in [3.63, 3.8) is 0 Å². The van der Waals surface area contributed by atoms with E-state index in [4.69, 9.17) is 4.74 Å². The number of rotatable bonds is 3. The van der Waals surface area contributed by atoms with Crippen LogP contribution in [0.3, 0.4) is 0 Å². The van der Waals surface area contributed by atoms with Crippen molar-refractivity contribution in [3.8, 4) is 0 Å². The van der Waals surface area contributed by atoms with Crippen molar-refractivity contribution in [1.82, 2.24) is 4.90 Å². The van der Waals surface area contributed by atoms with E-state index in [1.165, 1.54) is 31.2 Å². The first kappa shape index (κ1) is 15.0. The molecule has 1 heterocycles. The molecular weight excluding hydrogens is 262 g/mol. The van der Waals surface area contributed by atoms with Gasteiger partial charge in [0.05, 0.1) is 12.7 Å². The third-order valence-corrected chi connectivity index (χ3v) is 5.34. The summed E-state index contributed by atoms with van der Waals surface area (Å²) in [5.41, 5.74) is 1.39. The Hall–Kier alpha value is -0.900. The van der Waals surface area contributed by atoms with Crippen LogP contribution in [-0.2, 0) is 4.74 Å². The van der Waals surface area contributed by atoms with Gasteiger partial charge >= 0.3 is 0 Å². The number of aliphatic hydroxyl groups excluding tert-OH is 1. The van der Waals surface area contributed by atoms with Gasteiger partial charge in [-0.05, 0) is 44.1 Å². The van der Waals surface area contributed by atoms with E-state index in [0.717, 1.165) is 12.5 Å². The van der Waals surface area contributed by atoms with E-state index in [1.54, 1.807) is 0 Å². The molecule has 1 saturated carbocycles. The van der Waals surface area contributed by atoms with Gasteiger partial charge in [0.2, 0.25) is 0 Å². The minimum absolute atomic E-state index is 0.0123. The minimum atomic E-state index is -0.0635. The van der Waals surface area contributed by atoms with Crippen LogP contribution < -0.4 is 0 Å². The van der Waals surface area contributed by atoms with Gasteiger partial charge in [-0.1, -0.05) is 37.3 Å². The molecule has 1 aliphatic carbocycles. The van der Waals surface area contributed by atoms with Crippen LogP contribution in [0.5, 0.6) is 0 Å². The molecule has 0 radical (unpaired) electrons. The zero-order chi connectivity index (χ0) is 14.9. The van der Waals surface area contributed by atoms with Gasteiger partial charge in [-0.3, -0.25) is 4.90 Å². The summed E-state index contributed by atoms with van der Waals surface area (Å²) in [6.07, 6.45) is 4.95. The molecule has 1 aliphatic heterocycles. The number of ether oxygens (including phenoxy) is 1. The number of benzene rings is 1. The lowest BCUT2D eigenvalue weighted by molar-refractivity contribution is -0.0610. The lowest BCUT2D eigenvalue weighted by Crippen LogP contribution is -2.48. The van der Waals surface area contributed by atoms with Gasteiger partial charge in [0, 0.05) is 12.1 Å². The Morgan fingerprint density at radius 1 is 1.24 bits per heavy atom. The smallest absolute Gasteiger partial charge is 0.137 e. The fourth-order valence-corrected chi connectivity index (χ4v) is 3.77. The van der Waals surface area contributed by atoms with Gasteiger partial charge in [-0.2, -0.15) is 0 Å². The van der Waals surface area contributed by atoms with Gasteiger partial charge in [0.15, 0.2) is 0 Å². The molecule has 0 amide bonds. The largest absolute Gasteiger partial charge is 0.394 e. The molecule has 3 heteroatoms. The molecule has 21 heavy (non-hydrogen) atoms. The first-order valence-electron chi connectivity index (χ1n) is 8.20. The van der Waals surface area contributed by atoms with Crippen molar-refractivity contribution in [3.05, 3.63) is 35.9 Å². The molecule has 2 aliphatic rings. The van der Waals surface area contributed by atoms with Crippen LogP contribution in [0.1, 0.15) is 51.3 Å². The van der Waals surface area contributed by atoms with Crippen LogP contribution in [0.15, 0.2) is 30.3 Å². The minimum Gasteiger partial charge on any atom is -0.394 e. The van der Waals surface area contributed by atoms with Crippen LogP contribution >= 0.6 is 0 Å². The van der Waals surface area contributed by atoms with Crippen LogP contribution in [0.2, 0.25) is 0 Å². The predicted molar refractivity (Wildman–Crippen MR) is 83.9 cm³/mol. The quantitative estimate of drug-likeness (QED) is 0.926. The lowest BCUT2D eigenvalue weighted by atomic mass is 9.77. The molecule has 2 fully saturated rings. The third-order valence-electron chi connectivity index (χ3n) is 5.34. The Morgan fingerprint density at radius 2 is 1.90 bits per heavy atom. The van der Waals surface area contributed by atoms with E-state index in [0.29, 0.717) is 0 Å². The highest BCUT2D eigenvalue weighted by atomic mass is 16.5. The van der Waals surface area contributed by atoms with E-state index in [1.807, 2.05) is 6.07 Å². The van der Waals surface area contributed by atoms with Crippen LogP contribution in [0, 0.1) is 5.92 Å². The molecule has 3 nitrogen and oxygen atoms in total. The maximum Gasteiger partial charge on any atom is 0.137 e. The zero-order valence-electron chi connectivity index (χ0n) is 13.2. The average molecular weight is 289 g/mol. The first-order valence-corrected chi connectivity index (χ1v) is 8.20. The molecule has 3 rings (SSSR count). The maximum absolute atomic E-state index is 9.52. The van der Waals surface area contributed by atoms with Crippen molar-refractivity contribution in [2.24, 2.45) is 5.92 Å². The Labute approximate surface area is 127 Å². The van der Waals surface area contributed by atoms with Crippen LogP contribution in [0.4, 0.5) is 0 Å². The number of nitrogens with zero attached hydrogens (tertiary/aromatic N) is 1. The zero-order valence-corrected chi connectivity index (χ0v) is 13.2. The summed E-state index contributed by atoms with van der Waals surface area (Å²) in [4.78, 5) is 2.50. The van der Waals surface area contributed by atoms with Gasteiger partial charge in [0.1, 0.15) is 6.23 Å². The molecule has 0 aromatic heterocycles. The number of hydrogen-bond donors (Lipinski definition) is 1. The Morgan fingerprint density at radius 3 is 2.52 bits per heavy atom. The summed E-state index contributed by atoms with van der Waals surface area (Å²) < 4.78 is 6.13. The third kappa shape index (κ3) is 3.01. The molecule has 0 bridgehead atoms. The SMILES string of the molecule is CC1CCC(C)(N2C[C@H](CO)O[C@H]2c2ccccc2)CC1. The first-order chi connectivity index (χ1) is 10.1. The molecule has 1 N–H and O–H groups in total. The van der Waals surface area contributed by atoms with E-state index in [9.17, 15) is 5.11 Å². The second-order valence-electron chi connectivity index (χ2n) is 7.04. The summed E-state index contributed by atoms with van der Waals surface area (Å²) in [5.74, 6) is 0.838. The number of aliphatic hydroxyl groups is 1. The van der Waals surface area contributed by atoms with Gasteiger partial charge in [-0.25, -0.2) is 0 Å². The van der Waals surface area contributed by atoms with E-state index >= 15 is 0 Å². The highest BCUT2D eigenvalue weighted by molar-refractivity contribution is 5.19. The van der Waals surface area contributed by atoms with Crippen LogP contribution in [0.25, 0.3) is 0 Å². The summed E-state index contributed by atoms with van der Waals surface area (Å²) in [6, 6.07) is 10.4. The van der Waals surface area contributed by atoms with Gasteiger partial charge in [0.25, 0.3) is 0 Å². The van der Waals surface area contributed by atoms with Gasteiger partial charge < -0.3 is 9.84 Å². The fourth-order valence-electron chi connectivity index (χ4n) is 3.77. The second-order valence-corrected chi connectivity index (χ2v) is 7.04. The Balaban J connectivity index is 1.84. The van der Waals surface area contributed by atoms with E-state index in [2.05, 4.69) is 43.0 Å². The Kier molecular flexibility index (Phi) is 4.34.